The first-order valence-electron chi connectivity index (χ1n) is 7.03. The van der Waals surface area contributed by atoms with Gasteiger partial charge in [-0.25, -0.2) is 9.78 Å². The smallest absolute Gasteiger partial charge is 0.360 e. The van der Waals surface area contributed by atoms with Crippen LogP contribution in [0.5, 0.6) is 0 Å². The molecule has 1 unspecified atom stereocenters. The highest BCUT2D eigenvalue weighted by Gasteiger charge is 2.24. The van der Waals surface area contributed by atoms with Gasteiger partial charge in [-0.15, -0.1) is 0 Å². The van der Waals surface area contributed by atoms with Gasteiger partial charge in [0.15, 0.2) is 5.69 Å². The summed E-state index contributed by atoms with van der Waals surface area (Å²) in [4.78, 5) is 20.3. The van der Waals surface area contributed by atoms with Crippen LogP contribution in [0.2, 0.25) is 0 Å². The van der Waals surface area contributed by atoms with Crippen molar-refractivity contribution in [1.82, 2.24) is 14.5 Å². The average molecular weight is 288 g/mol. The van der Waals surface area contributed by atoms with Crippen molar-refractivity contribution in [2.75, 3.05) is 12.3 Å². The van der Waals surface area contributed by atoms with Crippen LogP contribution >= 0.6 is 0 Å². The summed E-state index contributed by atoms with van der Waals surface area (Å²) in [6, 6.07) is 3.82. The minimum atomic E-state index is -0.481. The summed E-state index contributed by atoms with van der Waals surface area (Å²) in [6.07, 6.45) is 4.15. The highest BCUT2D eigenvalue weighted by atomic mass is 16.5. The van der Waals surface area contributed by atoms with Crippen LogP contribution in [-0.4, -0.2) is 27.1 Å². The second-order valence-electron chi connectivity index (χ2n) is 4.66. The third kappa shape index (κ3) is 2.89. The Bertz CT molecular complexity index is 622. The van der Waals surface area contributed by atoms with Crippen LogP contribution in [0.15, 0.2) is 24.5 Å². The molecular weight excluding hydrogens is 268 g/mol. The van der Waals surface area contributed by atoms with Gasteiger partial charge >= 0.3 is 5.97 Å². The van der Waals surface area contributed by atoms with E-state index in [0.29, 0.717) is 18.8 Å². The molecule has 0 amide bonds. The van der Waals surface area contributed by atoms with Gasteiger partial charge in [0, 0.05) is 18.8 Å². The van der Waals surface area contributed by atoms with Crippen molar-refractivity contribution in [3.8, 4) is 0 Å². The third-order valence-corrected chi connectivity index (χ3v) is 3.38. The summed E-state index contributed by atoms with van der Waals surface area (Å²) in [6.45, 7) is 6.05. The van der Waals surface area contributed by atoms with Gasteiger partial charge in [0.25, 0.3) is 0 Å². The Morgan fingerprint density at radius 3 is 2.62 bits per heavy atom. The Hall–Kier alpha value is -2.37. The van der Waals surface area contributed by atoms with E-state index in [9.17, 15) is 4.79 Å². The highest BCUT2D eigenvalue weighted by molar-refractivity contribution is 5.92. The second kappa shape index (κ2) is 6.39. The van der Waals surface area contributed by atoms with Crippen molar-refractivity contribution in [3.63, 3.8) is 0 Å². The lowest BCUT2D eigenvalue weighted by molar-refractivity contribution is 0.0521. The Kier molecular flexibility index (Phi) is 4.57. The molecule has 2 rings (SSSR count). The number of rotatable bonds is 5. The molecule has 1 atom stereocenters. The second-order valence-corrected chi connectivity index (χ2v) is 4.66. The predicted molar refractivity (Wildman–Crippen MR) is 80.0 cm³/mol. The lowest BCUT2D eigenvalue weighted by Gasteiger charge is -2.18. The summed E-state index contributed by atoms with van der Waals surface area (Å²) < 4.78 is 6.88. The fourth-order valence-electron chi connectivity index (χ4n) is 2.32. The molecule has 112 valence electrons. The van der Waals surface area contributed by atoms with Crippen LogP contribution in [0.25, 0.3) is 0 Å². The van der Waals surface area contributed by atoms with Crippen LogP contribution in [-0.2, 0) is 11.2 Å². The van der Waals surface area contributed by atoms with Gasteiger partial charge in [0.2, 0.25) is 0 Å². The molecule has 0 aliphatic carbocycles. The number of pyridine rings is 1. The number of hydrogen-bond acceptors (Lipinski definition) is 5. The van der Waals surface area contributed by atoms with Gasteiger partial charge in [-0.2, -0.15) is 0 Å². The summed E-state index contributed by atoms with van der Waals surface area (Å²) in [7, 11) is 0. The predicted octanol–water partition coefficient (Wildman–Crippen LogP) is 2.21. The van der Waals surface area contributed by atoms with E-state index in [-0.39, 0.29) is 11.7 Å². The molecule has 2 N–H and O–H groups in total. The largest absolute Gasteiger partial charge is 0.461 e. The first-order chi connectivity index (χ1) is 10.1. The SMILES string of the molecule is CCOC(=O)c1nc(CC)n(C(C)c2ccncc2)c1N. The van der Waals surface area contributed by atoms with Crippen molar-refractivity contribution < 1.29 is 9.53 Å². The van der Waals surface area contributed by atoms with E-state index in [2.05, 4.69) is 9.97 Å². The van der Waals surface area contributed by atoms with Gasteiger partial charge in [0.1, 0.15) is 11.6 Å². The van der Waals surface area contributed by atoms with Gasteiger partial charge < -0.3 is 15.0 Å². The molecule has 0 aliphatic heterocycles. The molecule has 2 aromatic rings. The topological polar surface area (TPSA) is 83.0 Å². The quantitative estimate of drug-likeness (QED) is 0.853. The molecule has 0 spiro atoms. The van der Waals surface area contributed by atoms with E-state index in [1.165, 1.54) is 0 Å². The molecule has 0 aliphatic rings. The first-order valence-corrected chi connectivity index (χ1v) is 7.03. The summed E-state index contributed by atoms with van der Waals surface area (Å²) in [5.74, 6) is 0.625. The number of nitrogens with zero attached hydrogens (tertiary/aromatic N) is 3. The maximum atomic E-state index is 11.9. The molecule has 2 aromatic heterocycles. The normalized spacial score (nSPS) is 12.1. The summed E-state index contributed by atoms with van der Waals surface area (Å²) >= 11 is 0. The Morgan fingerprint density at radius 2 is 2.05 bits per heavy atom. The molecule has 0 fully saturated rings. The molecular formula is C15H20N4O2. The van der Waals surface area contributed by atoms with E-state index in [1.807, 2.05) is 30.5 Å². The molecule has 6 heteroatoms. The van der Waals surface area contributed by atoms with Crippen LogP contribution in [0.3, 0.4) is 0 Å². The maximum absolute atomic E-state index is 11.9. The van der Waals surface area contributed by atoms with Crippen LogP contribution < -0.4 is 5.73 Å². The Labute approximate surface area is 124 Å². The number of nitrogen functional groups attached to an aromatic ring is 1. The Morgan fingerprint density at radius 1 is 1.38 bits per heavy atom. The Balaban J connectivity index is 2.46. The molecule has 0 saturated carbocycles. The fraction of sp³-hybridized carbons (Fsp3) is 0.400. The van der Waals surface area contributed by atoms with E-state index < -0.39 is 5.97 Å². The highest BCUT2D eigenvalue weighted by Crippen LogP contribution is 2.26. The molecule has 0 saturated heterocycles. The molecule has 2 heterocycles. The minimum absolute atomic E-state index is 0.0290. The number of aryl methyl sites for hydroxylation is 1. The summed E-state index contributed by atoms with van der Waals surface area (Å²) in [5, 5.41) is 0. The molecule has 0 aromatic carbocycles. The number of imidazole rings is 1. The van der Waals surface area contributed by atoms with E-state index in [1.54, 1.807) is 19.3 Å². The van der Waals surface area contributed by atoms with Crippen molar-refractivity contribution in [1.29, 1.82) is 0 Å². The van der Waals surface area contributed by atoms with Gasteiger partial charge in [-0.3, -0.25) is 4.98 Å². The van der Waals surface area contributed by atoms with Crippen molar-refractivity contribution >= 4 is 11.8 Å². The lowest BCUT2D eigenvalue weighted by atomic mass is 10.1. The van der Waals surface area contributed by atoms with E-state index in [4.69, 9.17) is 10.5 Å². The number of carbonyl (C=O) groups excluding carboxylic acids is 1. The zero-order valence-electron chi connectivity index (χ0n) is 12.5. The zero-order valence-corrected chi connectivity index (χ0v) is 12.5. The van der Waals surface area contributed by atoms with Crippen LogP contribution in [0, 0.1) is 0 Å². The minimum Gasteiger partial charge on any atom is -0.461 e. The van der Waals surface area contributed by atoms with Crippen LogP contribution in [0.1, 0.15) is 48.7 Å². The van der Waals surface area contributed by atoms with E-state index >= 15 is 0 Å². The van der Waals surface area contributed by atoms with Crippen molar-refractivity contribution in [2.24, 2.45) is 0 Å². The number of aromatic nitrogens is 3. The molecule has 0 radical (unpaired) electrons. The summed E-state index contributed by atoms with van der Waals surface area (Å²) in [5.41, 5.74) is 7.38. The maximum Gasteiger partial charge on any atom is 0.360 e. The number of anilines is 1. The van der Waals surface area contributed by atoms with Crippen molar-refractivity contribution in [2.45, 2.75) is 33.2 Å². The average Bonchev–Trinajstić information content (AvgIpc) is 2.84. The van der Waals surface area contributed by atoms with E-state index in [0.717, 1.165) is 11.4 Å². The monoisotopic (exact) mass is 288 g/mol. The molecule has 21 heavy (non-hydrogen) atoms. The first kappa shape index (κ1) is 15.0. The van der Waals surface area contributed by atoms with Crippen LogP contribution in [0.4, 0.5) is 5.82 Å². The third-order valence-electron chi connectivity index (χ3n) is 3.38. The molecule has 0 bridgehead atoms. The van der Waals surface area contributed by atoms with Gasteiger partial charge in [-0.1, -0.05) is 6.92 Å². The van der Waals surface area contributed by atoms with Crippen molar-refractivity contribution in [3.05, 3.63) is 41.6 Å². The standard InChI is InChI=1S/C15H20N4O2/c1-4-12-18-13(15(20)21-5-2)14(16)19(12)10(3)11-6-8-17-9-7-11/h6-10H,4-5,16H2,1-3H3. The number of carbonyl (C=O) groups is 1. The molecule has 6 nitrogen and oxygen atoms in total. The number of hydrogen-bond donors (Lipinski definition) is 1. The zero-order chi connectivity index (χ0) is 15.4. The fourth-order valence-corrected chi connectivity index (χ4v) is 2.32. The van der Waals surface area contributed by atoms with Gasteiger partial charge in [0.05, 0.1) is 12.6 Å². The number of ether oxygens (including phenoxy) is 1. The number of nitrogens with two attached hydrogens (primary N) is 1. The van der Waals surface area contributed by atoms with Gasteiger partial charge in [-0.05, 0) is 31.5 Å². The lowest BCUT2D eigenvalue weighted by Crippen LogP contribution is -2.14. The number of esters is 1.